The van der Waals surface area contributed by atoms with Gasteiger partial charge in [0.25, 0.3) is 0 Å². The summed E-state index contributed by atoms with van der Waals surface area (Å²) in [6.45, 7) is 6.54. The van der Waals surface area contributed by atoms with Crippen molar-refractivity contribution in [1.82, 2.24) is 0 Å². The van der Waals surface area contributed by atoms with Gasteiger partial charge in [-0.3, -0.25) is 14.4 Å². The number of ether oxygens (including phenoxy) is 3. The monoisotopic (exact) mass is 867 g/mol. The summed E-state index contributed by atoms with van der Waals surface area (Å²) >= 11 is 0. The van der Waals surface area contributed by atoms with E-state index in [0.717, 1.165) is 103 Å². The van der Waals surface area contributed by atoms with E-state index in [9.17, 15) is 14.4 Å². The predicted molar refractivity (Wildman–Crippen MR) is 265 cm³/mol. The number of hydrogen-bond donors (Lipinski definition) is 0. The molecule has 0 fully saturated rings. The van der Waals surface area contributed by atoms with Crippen LogP contribution in [0.2, 0.25) is 0 Å². The molecular weight excluding hydrogens is 769 g/mol. The molecule has 62 heavy (non-hydrogen) atoms. The Labute approximate surface area is 383 Å². The van der Waals surface area contributed by atoms with Crippen LogP contribution in [0.15, 0.2) is 60.8 Å². The molecule has 0 amide bonds. The number of esters is 3. The lowest BCUT2D eigenvalue weighted by Gasteiger charge is -2.18. The van der Waals surface area contributed by atoms with Gasteiger partial charge in [0.15, 0.2) is 6.10 Å². The van der Waals surface area contributed by atoms with Crippen molar-refractivity contribution in [3.63, 3.8) is 0 Å². The minimum atomic E-state index is -0.787. The van der Waals surface area contributed by atoms with Crippen molar-refractivity contribution in [3.8, 4) is 0 Å². The second-order valence-electron chi connectivity index (χ2n) is 17.4. The maximum absolute atomic E-state index is 12.8. The Hall–Kier alpha value is -2.89. The van der Waals surface area contributed by atoms with E-state index in [0.29, 0.717) is 19.3 Å². The largest absolute Gasteiger partial charge is 0.462 e. The molecule has 0 aromatic carbocycles. The van der Waals surface area contributed by atoms with Crippen LogP contribution in [0.25, 0.3) is 0 Å². The van der Waals surface area contributed by atoms with Gasteiger partial charge in [0.1, 0.15) is 13.2 Å². The molecule has 0 aliphatic heterocycles. The van der Waals surface area contributed by atoms with Gasteiger partial charge in [0.05, 0.1) is 0 Å². The van der Waals surface area contributed by atoms with Crippen LogP contribution < -0.4 is 0 Å². The van der Waals surface area contributed by atoms with Crippen LogP contribution in [0.3, 0.4) is 0 Å². The lowest BCUT2D eigenvalue weighted by atomic mass is 10.1. The van der Waals surface area contributed by atoms with E-state index in [4.69, 9.17) is 14.2 Å². The average Bonchev–Trinajstić information content (AvgIpc) is 3.27. The molecule has 0 aliphatic carbocycles. The quantitative estimate of drug-likeness (QED) is 0.0262. The minimum absolute atomic E-state index is 0.0866. The first-order valence-corrected chi connectivity index (χ1v) is 26.3. The summed E-state index contributed by atoms with van der Waals surface area (Å²) in [4.78, 5) is 38.0. The van der Waals surface area contributed by atoms with Gasteiger partial charge in [-0.05, 0) is 103 Å². The molecule has 0 rings (SSSR count). The first kappa shape index (κ1) is 59.1. The van der Waals surface area contributed by atoms with Gasteiger partial charge in [-0.25, -0.2) is 0 Å². The standard InChI is InChI=1S/C56H98O6/c1-4-7-10-13-16-19-22-25-27-28-29-30-32-34-37-40-43-46-49-55(58)61-52-53(51-60-54(57)48-45-42-39-36-33-24-21-18-15-12-9-6-3)62-56(59)50-47-44-41-38-35-31-26-23-20-17-14-11-8-5-2/h14,17-19,21-23,26-28,53H,4-13,15-16,20,24-25,29-52H2,1-3H3/b17-14-,21-18-,22-19-,26-23-,28-27-. The van der Waals surface area contributed by atoms with Crippen LogP contribution >= 0.6 is 0 Å². The summed E-state index contributed by atoms with van der Waals surface area (Å²) in [5, 5.41) is 0. The van der Waals surface area contributed by atoms with Gasteiger partial charge in [0, 0.05) is 19.3 Å². The van der Waals surface area contributed by atoms with E-state index in [1.54, 1.807) is 0 Å². The summed E-state index contributed by atoms with van der Waals surface area (Å²) in [7, 11) is 0. The fourth-order valence-electron chi connectivity index (χ4n) is 7.19. The third kappa shape index (κ3) is 48.1. The van der Waals surface area contributed by atoms with Crippen molar-refractivity contribution >= 4 is 17.9 Å². The lowest BCUT2D eigenvalue weighted by molar-refractivity contribution is -0.167. The van der Waals surface area contributed by atoms with Crippen molar-refractivity contribution in [3.05, 3.63) is 60.8 Å². The topological polar surface area (TPSA) is 78.9 Å². The fraction of sp³-hybridized carbons (Fsp3) is 0.768. The molecular formula is C56H98O6. The number of rotatable bonds is 47. The van der Waals surface area contributed by atoms with Crippen molar-refractivity contribution in [2.24, 2.45) is 0 Å². The highest BCUT2D eigenvalue weighted by molar-refractivity contribution is 5.71. The van der Waals surface area contributed by atoms with Gasteiger partial charge in [-0.15, -0.1) is 0 Å². The zero-order valence-corrected chi connectivity index (χ0v) is 40.9. The molecule has 1 atom stereocenters. The van der Waals surface area contributed by atoms with Gasteiger partial charge < -0.3 is 14.2 Å². The third-order valence-corrected chi connectivity index (χ3v) is 11.2. The van der Waals surface area contributed by atoms with E-state index < -0.39 is 6.10 Å². The second kappa shape index (κ2) is 50.8. The number of hydrogen-bond acceptors (Lipinski definition) is 6. The Morgan fingerprint density at radius 1 is 0.323 bits per heavy atom. The Kier molecular flexibility index (Phi) is 48.4. The van der Waals surface area contributed by atoms with Gasteiger partial charge >= 0.3 is 17.9 Å². The molecule has 0 saturated heterocycles. The highest BCUT2D eigenvalue weighted by atomic mass is 16.6. The van der Waals surface area contributed by atoms with E-state index >= 15 is 0 Å². The predicted octanol–water partition coefficient (Wildman–Crippen LogP) is 17.3. The van der Waals surface area contributed by atoms with Gasteiger partial charge in [0.2, 0.25) is 0 Å². The normalized spacial score (nSPS) is 12.5. The highest BCUT2D eigenvalue weighted by Crippen LogP contribution is 2.14. The van der Waals surface area contributed by atoms with E-state index in [-0.39, 0.29) is 31.1 Å². The molecule has 0 spiro atoms. The number of unbranched alkanes of at least 4 members (excludes halogenated alkanes) is 26. The van der Waals surface area contributed by atoms with Crippen LogP contribution in [0.1, 0.15) is 258 Å². The molecule has 0 saturated carbocycles. The lowest BCUT2D eigenvalue weighted by Crippen LogP contribution is -2.30. The summed E-state index contributed by atoms with van der Waals surface area (Å²) in [6, 6.07) is 0. The highest BCUT2D eigenvalue weighted by Gasteiger charge is 2.19. The third-order valence-electron chi connectivity index (χ3n) is 11.2. The molecule has 0 bridgehead atoms. The molecule has 0 aromatic rings. The molecule has 0 aliphatic rings. The van der Waals surface area contributed by atoms with Crippen LogP contribution in [0.4, 0.5) is 0 Å². The summed E-state index contributed by atoms with van der Waals surface area (Å²) in [5.74, 6) is -0.913. The zero-order valence-electron chi connectivity index (χ0n) is 40.9. The average molecular weight is 867 g/mol. The number of allylic oxidation sites excluding steroid dienone is 10. The van der Waals surface area contributed by atoms with Crippen molar-refractivity contribution < 1.29 is 28.6 Å². The Bertz CT molecular complexity index is 1130. The van der Waals surface area contributed by atoms with Crippen molar-refractivity contribution in [1.29, 1.82) is 0 Å². The second-order valence-corrected chi connectivity index (χ2v) is 17.4. The molecule has 0 heterocycles. The maximum Gasteiger partial charge on any atom is 0.306 e. The molecule has 0 radical (unpaired) electrons. The first-order valence-electron chi connectivity index (χ1n) is 26.3. The van der Waals surface area contributed by atoms with Crippen molar-refractivity contribution in [2.75, 3.05) is 13.2 Å². The molecule has 358 valence electrons. The summed E-state index contributed by atoms with van der Waals surface area (Å²) in [5.41, 5.74) is 0. The van der Waals surface area contributed by atoms with Crippen LogP contribution in [0, 0.1) is 0 Å². The Morgan fingerprint density at radius 3 is 0.984 bits per heavy atom. The molecule has 6 heteroatoms. The smallest absolute Gasteiger partial charge is 0.306 e. The number of carbonyl (C=O) groups is 3. The Balaban J connectivity index is 4.39. The Morgan fingerprint density at radius 2 is 0.597 bits per heavy atom. The maximum atomic E-state index is 12.8. The number of carbonyl (C=O) groups excluding carboxylic acids is 3. The van der Waals surface area contributed by atoms with Crippen LogP contribution in [-0.4, -0.2) is 37.2 Å². The van der Waals surface area contributed by atoms with E-state index in [2.05, 4.69) is 81.5 Å². The van der Waals surface area contributed by atoms with Gasteiger partial charge in [-0.2, -0.15) is 0 Å². The summed E-state index contributed by atoms with van der Waals surface area (Å²) in [6.07, 6.45) is 62.0. The SMILES string of the molecule is CCCC/C=C\C/C=C\CCCCCCCC(=O)OC(COC(=O)CCCCCCC/C=C\CCCCC)COC(=O)CCCCCCCCC/C=C\C/C=C\CCCCCC. The van der Waals surface area contributed by atoms with Crippen molar-refractivity contribution in [2.45, 2.75) is 264 Å². The summed E-state index contributed by atoms with van der Waals surface area (Å²) < 4.78 is 16.8. The molecule has 0 N–H and O–H groups in total. The molecule has 0 aromatic heterocycles. The van der Waals surface area contributed by atoms with E-state index in [1.165, 1.54) is 116 Å². The zero-order chi connectivity index (χ0) is 45.1. The van der Waals surface area contributed by atoms with Gasteiger partial charge in [-0.1, -0.05) is 197 Å². The minimum Gasteiger partial charge on any atom is -0.462 e. The van der Waals surface area contributed by atoms with Crippen LogP contribution in [0.5, 0.6) is 0 Å². The fourth-order valence-corrected chi connectivity index (χ4v) is 7.19. The van der Waals surface area contributed by atoms with E-state index in [1.807, 2.05) is 0 Å². The first-order chi connectivity index (χ1) is 30.5. The molecule has 1 unspecified atom stereocenters. The van der Waals surface area contributed by atoms with Crippen LogP contribution in [-0.2, 0) is 28.6 Å². The molecule has 6 nitrogen and oxygen atoms in total.